The Morgan fingerprint density at radius 3 is 2.48 bits per heavy atom. The Balaban J connectivity index is 2.17. The molecular weight excluding hydrogens is 353 g/mol. The fourth-order valence-electron chi connectivity index (χ4n) is 3.54. The van der Waals surface area contributed by atoms with Crippen molar-refractivity contribution < 1.29 is 29.3 Å². The summed E-state index contributed by atoms with van der Waals surface area (Å²) >= 11 is 0. The Hall–Kier alpha value is -2.25. The van der Waals surface area contributed by atoms with E-state index in [0.717, 1.165) is 5.56 Å². The lowest BCUT2D eigenvalue weighted by Crippen LogP contribution is -2.39. The predicted molar refractivity (Wildman–Crippen MR) is 97.6 cm³/mol. The SMILES string of the molecule is CC(C)N1C(=O)CC(c2ccc(F)cc2)C1/C=C/[C@@H](O)C[C@@H](O)CC(=O)O. The average Bonchev–Trinajstić information content (AvgIpc) is 2.89. The molecule has 1 aromatic rings. The molecule has 1 aromatic carbocycles. The van der Waals surface area contributed by atoms with Crippen LogP contribution in [0.2, 0.25) is 0 Å². The van der Waals surface area contributed by atoms with E-state index in [2.05, 4.69) is 0 Å². The van der Waals surface area contributed by atoms with Crippen molar-refractivity contribution in [2.45, 2.75) is 63.3 Å². The first kappa shape index (κ1) is 21.1. The molecule has 0 aromatic heterocycles. The quantitative estimate of drug-likeness (QED) is 0.601. The smallest absolute Gasteiger partial charge is 0.305 e. The Morgan fingerprint density at radius 1 is 1.30 bits per heavy atom. The molecule has 6 nitrogen and oxygen atoms in total. The van der Waals surface area contributed by atoms with Gasteiger partial charge >= 0.3 is 5.97 Å². The maximum atomic E-state index is 13.2. The molecule has 1 aliphatic rings. The van der Waals surface area contributed by atoms with Gasteiger partial charge in [-0.1, -0.05) is 24.3 Å². The molecule has 1 saturated heterocycles. The second-order valence-electron chi connectivity index (χ2n) is 7.19. The molecule has 0 radical (unpaired) electrons. The summed E-state index contributed by atoms with van der Waals surface area (Å²) < 4.78 is 13.2. The van der Waals surface area contributed by atoms with Crippen molar-refractivity contribution in [3.05, 3.63) is 47.8 Å². The first-order valence-corrected chi connectivity index (χ1v) is 9.02. The van der Waals surface area contributed by atoms with E-state index in [1.807, 2.05) is 13.8 Å². The second-order valence-corrected chi connectivity index (χ2v) is 7.19. The molecule has 4 atom stereocenters. The standard InChI is InChI=1S/C20H26FNO5/c1-12(2)22-18(8-7-15(23)9-16(24)10-20(26)27)17(11-19(22)25)13-3-5-14(21)6-4-13/h3-8,12,15-18,23-24H,9-11H2,1-2H3,(H,26,27)/b8-7+/t15-,16-,17?,18?/m1/s1. The van der Waals surface area contributed by atoms with Gasteiger partial charge in [-0.15, -0.1) is 0 Å². The highest BCUT2D eigenvalue weighted by Gasteiger charge is 2.40. The van der Waals surface area contributed by atoms with Crippen molar-refractivity contribution in [1.29, 1.82) is 0 Å². The van der Waals surface area contributed by atoms with E-state index in [0.29, 0.717) is 0 Å². The predicted octanol–water partition coefficient (Wildman–Crippen LogP) is 2.06. The van der Waals surface area contributed by atoms with Gasteiger partial charge in [0, 0.05) is 24.8 Å². The number of hydrogen-bond acceptors (Lipinski definition) is 4. The normalized spacial score (nSPS) is 22.6. The summed E-state index contributed by atoms with van der Waals surface area (Å²) in [5.41, 5.74) is 0.836. The number of carboxylic acids is 1. The van der Waals surface area contributed by atoms with E-state index in [4.69, 9.17) is 5.11 Å². The summed E-state index contributed by atoms with van der Waals surface area (Å²) in [4.78, 5) is 24.8. The van der Waals surface area contributed by atoms with E-state index < -0.39 is 24.6 Å². The van der Waals surface area contributed by atoms with Crippen LogP contribution in [0.1, 0.15) is 44.6 Å². The van der Waals surface area contributed by atoms with Gasteiger partial charge in [-0.05, 0) is 31.5 Å². The average molecular weight is 379 g/mol. The largest absolute Gasteiger partial charge is 0.481 e. The Bertz CT molecular complexity index is 688. The highest BCUT2D eigenvalue weighted by molar-refractivity contribution is 5.81. The monoisotopic (exact) mass is 379 g/mol. The van der Waals surface area contributed by atoms with Crippen molar-refractivity contribution >= 4 is 11.9 Å². The minimum absolute atomic E-state index is 0.0191. The van der Waals surface area contributed by atoms with Gasteiger partial charge < -0.3 is 20.2 Å². The van der Waals surface area contributed by atoms with Crippen molar-refractivity contribution in [1.82, 2.24) is 4.90 Å². The number of aliphatic hydroxyl groups is 2. The molecule has 27 heavy (non-hydrogen) atoms. The number of benzene rings is 1. The number of carbonyl (C=O) groups is 2. The number of amides is 1. The molecule has 1 aliphatic heterocycles. The molecule has 148 valence electrons. The number of hydrogen-bond donors (Lipinski definition) is 3. The lowest BCUT2D eigenvalue weighted by Gasteiger charge is -2.29. The van der Waals surface area contributed by atoms with E-state index in [-0.39, 0.29) is 42.6 Å². The van der Waals surface area contributed by atoms with Gasteiger partial charge in [0.05, 0.1) is 24.7 Å². The summed E-state index contributed by atoms with van der Waals surface area (Å²) in [6, 6.07) is 5.67. The van der Waals surface area contributed by atoms with Gasteiger partial charge in [-0.3, -0.25) is 9.59 Å². The van der Waals surface area contributed by atoms with Crippen LogP contribution in [0.5, 0.6) is 0 Å². The molecule has 2 rings (SSSR count). The minimum Gasteiger partial charge on any atom is -0.481 e. The number of nitrogens with zero attached hydrogens (tertiary/aromatic N) is 1. The Labute approximate surface area is 157 Å². The third kappa shape index (κ3) is 5.61. The fourth-order valence-corrected chi connectivity index (χ4v) is 3.54. The van der Waals surface area contributed by atoms with E-state index in [1.165, 1.54) is 18.2 Å². The van der Waals surface area contributed by atoms with E-state index in [9.17, 15) is 24.2 Å². The third-order valence-corrected chi connectivity index (χ3v) is 4.72. The number of rotatable bonds is 8. The van der Waals surface area contributed by atoms with E-state index >= 15 is 0 Å². The van der Waals surface area contributed by atoms with Crippen molar-refractivity contribution in [2.75, 3.05) is 0 Å². The number of aliphatic hydroxyl groups excluding tert-OH is 2. The molecule has 2 unspecified atom stereocenters. The summed E-state index contributed by atoms with van der Waals surface area (Å²) in [6.45, 7) is 3.80. The lowest BCUT2D eigenvalue weighted by atomic mass is 9.90. The van der Waals surface area contributed by atoms with Crippen molar-refractivity contribution in [2.24, 2.45) is 0 Å². The van der Waals surface area contributed by atoms with Gasteiger partial charge in [-0.2, -0.15) is 0 Å². The van der Waals surface area contributed by atoms with Gasteiger partial charge in [0.25, 0.3) is 0 Å². The highest BCUT2D eigenvalue weighted by Crippen LogP contribution is 2.36. The molecule has 0 saturated carbocycles. The van der Waals surface area contributed by atoms with Crippen LogP contribution < -0.4 is 0 Å². The molecule has 3 N–H and O–H groups in total. The number of carbonyl (C=O) groups excluding carboxylic acids is 1. The van der Waals surface area contributed by atoms with Crippen molar-refractivity contribution in [3.63, 3.8) is 0 Å². The van der Waals surface area contributed by atoms with Crippen LogP contribution in [0.25, 0.3) is 0 Å². The molecule has 0 bridgehead atoms. The number of halogens is 1. The highest BCUT2D eigenvalue weighted by atomic mass is 19.1. The first-order chi connectivity index (χ1) is 12.7. The topological polar surface area (TPSA) is 98.1 Å². The molecule has 1 fully saturated rings. The van der Waals surface area contributed by atoms with Gasteiger partial charge in [0.1, 0.15) is 5.82 Å². The lowest BCUT2D eigenvalue weighted by molar-refractivity contribution is -0.139. The molecular formula is C20H26FNO5. The zero-order valence-electron chi connectivity index (χ0n) is 15.5. The Morgan fingerprint density at radius 2 is 1.93 bits per heavy atom. The summed E-state index contributed by atoms with van der Waals surface area (Å²) in [6.07, 6.45) is 0.767. The summed E-state index contributed by atoms with van der Waals surface area (Å²) in [7, 11) is 0. The maximum absolute atomic E-state index is 13.2. The van der Waals surface area contributed by atoms with Gasteiger partial charge in [0.15, 0.2) is 0 Å². The van der Waals surface area contributed by atoms with Crippen LogP contribution >= 0.6 is 0 Å². The van der Waals surface area contributed by atoms with Gasteiger partial charge in [-0.25, -0.2) is 4.39 Å². The van der Waals surface area contributed by atoms with E-state index in [1.54, 1.807) is 23.1 Å². The fraction of sp³-hybridized carbons (Fsp3) is 0.500. The van der Waals surface area contributed by atoms with Crippen LogP contribution in [0.15, 0.2) is 36.4 Å². The summed E-state index contributed by atoms with van der Waals surface area (Å²) in [5.74, 6) is -1.68. The zero-order chi connectivity index (χ0) is 20.1. The maximum Gasteiger partial charge on any atom is 0.305 e. The Kier molecular flexibility index (Phi) is 7.10. The first-order valence-electron chi connectivity index (χ1n) is 9.02. The molecule has 7 heteroatoms. The zero-order valence-corrected chi connectivity index (χ0v) is 15.5. The van der Waals surface area contributed by atoms with Gasteiger partial charge in [0.2, 0.25) is 5.91 Å². The van der Waals surface area contributed by atoms with Crippen LogP contribution in [-0.2, 0) is 9.59 Å². The van der Waals surface area contributed by atoms with Crippen molar-refractivity contribution in [3.8, 4) is 0 Å². The minimum atomic E-state index is -1.15. The van der Waals surface area contributed by atoms with Crippen LogP contribution in [0, 0.1) is 5.82 Å². The molecule has 1 heterocycles. The molecule has 0 aliphatic carbocycles. The van der Waals surface area contributed by atoms with Crippen LogP contribution in [-0.4, -0.2) is 56.4 Å². The van der Waals surface area contributed by atoms with Crippen LogP contribution in [0.4, 0.5) is 4.39 Å². The number of carboxylic acid groups (broad SMARTS) is 1. The summed E-state index contributed by atoms with van der Waals surface area (Å²) in [5, 5.41) is 28.4. The molecule has 1 amide bonds. The third-order valence-electron chi connectivity index (χ3n) is 4.72. The number of aliphatic carboxylic acids is 1. The second kappa shape index (κ2) is 9.10. The van der Waals surface area contributed by atoms with Crippen LogP contribution in [0.3, 0.4) is 0 Å². The number of likely N-dealkylation sites (tertiary alicyclic amines) is 1. The molecule has 0 spiro atoms.